The lowest BCUT2D eigenvalue weighted by Crippen LogP contribution is -1.90. The maximum absolute atomic E-state index is 13.8. The van der Waals surface area contributed by atoms with Crippen molar-refractivity contribution < 1.29 is 9.13 Å². The van der Waals surface area contributed by atoms with E-state index in [0.29, 0.717) is 22.2 Å². The number of benzene rings is 1. The van der Waals surface area contributed by atoms with E-state index in [2.05, 4.69) is 18.8 Å². The first-order chi connectivity index (χ1) is 8.13. The van der Waals surface area contributed by atoms with E-state index in [-0.39, 0.29) is 5.82 Å². The lowest BCUT2D eigenvalue weighted by Gasteiger charge is -2.06. The van der Waals surface area contributed by atoms with Gasteiger partial charge >= 0.3 is 0 Å². The van der Waals surface area contributed by atoms with Gasteiger partial charge in [0, 0.05) is 11.1 Å². The fourth-order valence-corrected chi connectivity index (χ4v) is 2.52. The van der Waals surface area contributed by atoms with Gasteiger partial charge < -0.3 is 4.74 Å². The number of nitrogens with zero attached hydrogens (tertiary/aromatic N) is 1. The molecule has 90 valence electrons. The van der Waals surface area contributed by atoms with Crippen molar-refractivity contribution in [1.82, 2.24) is 4.98 Å². The maximum Gasteiger partial charge on any atom is 0.137 e. The zero-order chi connectivity index (χ0) is 12.4. The Hall–Kier alpha value is -1.42. The summed E-state index contributed by atoms with van der Waals surface area (Å²) in [5, 5.41) is 0.670. The number of thiazole rings is 1. The van der Waals surface area contributed by atoms with Crippen molar-refractivity contribution in [3.8, 4) is 16.3 Å². The molecule has 2 aromatic rings. The quantitative estimate of drug-likeness (QED) is 0.820. The Labute approximate surface area is 104 Å². The van der Waals surface area contributed by atoms with Gasteiger partial charge in [0.1, 0.15) is 16.6 Å². The van der Waals surface area contributed by atoms with Crippen molar-refractivity contribution in [3.05, 3.63) is 35.1 Å². The van der Waals surface area contributed by atoms with Gasteiger partial charge in [-0.3, -0.25) is 0 Å². The molecule has 2 rings (SSSR count). The number of hydrogen-bond donors (Lipinski definition) is 0. The Balaban J connectivity index is 2.51. The first-order valence-corrected chi connectivity index (χ1v) is 6.23. The molecule has 0 aliphatic carbocycles. The van der Waals surface area contributed by atoms with Crippen molar-refractivity contribution >= 4 is 11.3 Å². The van der Waals surface area contributed by atoms with E-state index in [1.165, 1.54) is 24.5 Å². The van der Waals surface area contributed by atoms with Crippen LogP contribution in [0.25, 0.3) is 10.6 Å². The van der Waals surface area contributed by atoms with Gasteiger partial charge in [-0.1, -0.05) is 19.9 Å². The van der Waals surface area contributed by atoms with Crippen molar-refractivity contribution in [2.24, 2.45) is 0 Å². The van der Waals surface area contributed by atoms with E-state index in [0.717, 1.165) is 4.88 Å². The van der Waals surface area contributed by atoms with E-state index in [1.807, 2.05) is 0 Å². The molecule has 0 fully saturated rings. The molecule has 0 unspecified atom stereocenters. The molecule has 0 aliphatic heterocycles. The van der Waals surface area contributed by atoms with Crippen LogP contribution in [0.5, 0.6) is 5.75 Å². The van der Waals surface area contributed by atoms with Crippen molar-refractivity contribution in [3.63, 3.8) is 0 Å². The zero-order valence-electron chi connectivity index (χ0n) is 10.0. The van der Waals surface area contributed by atoms with Gasteiger partial charge in [-0.15, -0.1) is 11.3 Å². The summed E-state index contributed by atoms with van der Waals surface area (Å²) in [7, 11) is 1.54. The van der Waals surface area contributed by atoms with Crippen LogP contribution in [0.1, 0.15) is 24.6 Å². The molecular weight excluding hydrogens is 237 g/mol. The molecule has 0 atom stereocenters. The van der Waals surface area contributed by atoms with Crippen LogP contribution < -0.4 is 4.74 Å². The highest BCUT2D eigenvalue weighted by atomic mass is 32.1. The predicted octanol–water partition coefficient (Wildman–Crippen LogP) is 4.08. The van der Waals surface area contributed by atoms with Gasteiger partial charge in [0.15, 0.2) is 0 Å². The number of rotatable bonds is 3. The van der Waals surface area contributed by atoms with Crippen molar-refractivity contribution in [2.75, 3.05) is 7.11 Å². The molecule has 0 bridgehead atoms. The van der Waals surface area contributed by atoms with Gasteiger partial charge in [-0.2, -0.15) is 0 Å². The molecule has 1 aromatic heterocycles. The van der Waals surface area contributed by atoms with Crippen LogP contribution in [0.2, 0.25) is 0 Å². The number of methoxy groups -OCH3 is 1. The predicted molar refractivity (Wildman–Crippen MR) is 68.1 cm³/mol. The number of halogens is 1. The highest BCUT2D eigenvalue weighted by Crippen LogP contribution is 2.36. The molecule has 1 aromatic carbocycles. The first kappa shape index (κ1) is 12.0. The molecule has 0 saturated carbocycles. The molecule has 17 heavy (non-hydrogen) atoms. The zero-order valence-corrected chi connectivity index (χ0v) is 10.8. The summed E-state index contributed by atoms with van der Waals surface area (Å²) in [6.45, 7) is 4.19. The second-order valence-electron chi connectivity index (χ2n) is 4.04. The van der Waals surface area contributed by atoms with Crippen LogP contribution in [0.15, 0.2) is 24.4 Å². The van der Waals surface area contributed by atoms with Crippen LogP contribution in [0.4, 0.5) is 4.39 Å². The van der Waals surface area contributed by atoms with E-state index < -0.39 is 0 Å². The fourth-order valence-electron chi connectivity index (χ4n) is 1.55. The van der Waals surface area contributed by atoms with Gasteiger partial charge in [0.2, 0.25) is 0 Å². The molecule has 0 aliphatic rings. The summed E-state index contributed by atoms with van der Waals surface area (Å²) in [6.07, 6.45) is 1.80. The van der Waals surface area contributed by atoms with Crippen molar-refractivity contribution in [2.45, 2.75) is 19.8 Å². The molecule has 0 amide bonds. The molecule has 0 spiro atoms. The third kappa shape index (κ3) is 2.31. The summed E-state index contributed by atoms with van der Waals surface area (Å²) < 4.78 is 19.0. The normalized spacial score (nSPS) is 10.9. The summed E-state index contributed by atoms with van der Waals surface area (Å²) >= 11 is 1.51. The SMILES string of the molecule is COc1cccc(F)c1-c1ncc(C(C)C)s1. The summed E-state index contributed by atoms with van der Waals surface area (Å²) in [6, 6.07) is 4.80. The fraction of sp³-hybridized carbons (Fsp3) is 0.308. The first-order valence-electron chi connectivity index (χ1n) is 5.42. The average Bonchev–Trinajstić information content (AvgIpc) is 2.77. The summed E-state index contributed by atoms with van der Waals surface area (Å²) in [5.74, 6) is 0.627. The summed E-state index contributed by atoms with van der Waals surface area (Å²) in [5.41, 5.74) is 0.451. The number of hydrogen-bond acceptors (Lipinski definition) is 3. The van der Waals surface area contributed by atoms with E-state index in [9.17, 15) is 4.39 Å². The topological polar surface area (TPSA) is 22.1 Å². The smallest absolute Gasteiger partial charge is 0.137 e. The van der Waals surface area contributed by atoms with Gasteiger partial charge in [-0.05, 0) is 18.1 Å². The Bertz CT molecular complexity index is 522. The number of aromatic nitrogens is 1. The van der Waals surface area contributed by atoms with Crippen LogP contribution >= 0.6 is 11.3 Å². The van der Waals surface area contributed by atoms with Crippen molar-refractivity contribution in [1.29, 1.82) is 0 Å². The van der Waals surface area contributed by atoms with Crippen LogP contribution in [0, 0.1) is 5.82 Å². The van der Waals surface area contributed by atoms with E-state index in [4.69, 9.17) is 4.74 Å². The lowest BCUT2D eigenvalue weighted by atomic mass is 10.2. The molecule has 4 heteroatoms. The molecule has 2 nitrogen and oxygen atoms in total. The van der Waals surface area contributed by atoms with E-state index >= 15 is 0 Å². The molecule has 0 saturated heterocycles. The Morgan fingerprint density at radius 2 is 2.12 bits per heavy atom. The number of ether oxygens (including phenoxy) is 1. The monoisotopic (exact) mass is 251 g/mol. The highest BCUT2D eigenvalue weighted by Gasteiger charge is 2.15. The minimum absolute atomic E-state index is 0.297. The van der Waals surface area contributed by atoms with Crippen LogP contribution in [0.3, 0.4) is 0 Å². The second kappa shape index (κ2) is 4.84. The Kier molecular flexibility index (Phi) is 3.43. The molecular formula is C13H14FNOS. The van der Waals surface area contributed by atoms with Crippen LogP contribution in [-0.4, -0.2) is 12.1 Å². The highest BCUT2D eigenvalue weighted by molar-refractivity contribution is 7.15. The van der Waals surface area contributed by atoms with Gasteiger partial charge in [0.25, 0.3) is 0 Å². The summed E-state index contributed by atoms with van der Waals surface area (Å²) in [4.78, 5) is 5.42. The third-order valence-corrected chi connectivity index (χ3v) is 3.82. The van der Waals surface area contributed by atoms with Crippen LogP contribution in [-0.2, 0) is 0 Å². The van der Waals surface area contributed by atoms with Gasteiger partial charge in [-0.25, -0.2) is 9.37 Å². The standard InChI is InChI=1S/C13H14FNOS/c1-8(2)11-7-15-13(17-11)12-9(14)5-4-6-10(12)16-3/h4-8H,1-3H3. The van der Waals surface area contributed by atoms with E-state index in [1.54, 1.807) is 18.3 Å². The Morgan fingerprint density at radius 3 is 2.71 bits per heavy atom. The molecule has 1 heterocycles. The third-order valence-electron chi connectivity index (χ3n) is 2.50. The minimum atomic E-state index is -0.297. The Morgan fingerprint density at radius 1 is 1.35 bits per heavy atom. The minimum Gasteiger partial charge on any atom is -0.496 e. The lowest BCUT2D eigenvalue weighted by molar-refractivity contribution is 0.413. The average molecular weight is 251 g/mol. The largest absolute Gasteiger partial charge is 0.496 e. The molecule has 0 N–H and O–H groups in total. The van der Waals surface area contributed by atoms with Gasteiger partial charge in [0.05, 0.1) is 12.7 Å². The second-order valence-corrected chi connectivity index (χ2v) is 5.10. The molecule has 0 radical (unpaired) electrons. The maximum atomic E-state index is 13.8.